The van der Waals surface area contributed by atoms with Gasteiger partial charge >= 0.3 is 0 Å². The number of piperidine rings is 1. The van der Waals surface area contributed by atoms with Gasteiger partial charge in [-0.25, -0.2) is 4.98 Å². The smallest absolute Gasteiger partial charge is 0.262 e. The lowest BCUT2D eigenvalue weighted by atomic mass is 10.0. The third-order valence-electron chi connectivity index (χ3n) is 5.23. The summed E-state index contributed by atoms with van der Waals surface area (Å²) < 4.78 is 5.83. The van der Waals surface area contributed by atoms with Gasteiger partial charge in [0.15, 0.2) is 6.61 Å². The zero-order valence-electron chi connectivity index (χ0n) is 16.4. The number of nitrogens with zero attached hydrogens (tertiary/aromatic N) is 2. The van der Waals surface area contributed by atoms with Crippen LogP contribution in [-0.2, 0) is 4.79 Å². The molecular weight excluding hydrogens is 386 g/mol. The number of benzene rings is 2. The number of carbonyl (C=O) groups excluding carboxylic acids is 1. The summed E-state index contributed by atoms with van der Waals surface area (Å²) in [5.74, 6) is 1.32. The minimum Gasteiger partial charge on any atom is -0.481 e. The van der Waals surface area contributed by atoms with E-state index >= 15 is 0 Å². The van der Waals surface area contributed by atoms with Crippen LogP contribution < -0.4 is 15.0 Å². The molecule has 1 saturated heterocycles. The fourth-order valence-corrected chi connectivity index (χ4v) is 3.92. The summed E-state index contributed by atoms with van der Waals surface area (Å²) in [6.45, 7) is 3.16. The molecule has 0 aliphatic carbocycles. The zero-order valence-corrected chi connectivity index (χ0v) is 17.2. The number of rotatable bonds is 5. The Labute approximate surface area is 175 Å². The molecule has 2 aromatic carbocycles. The largest absolute Gasteiger partial charge is 0.481 e. The first-order valence-electron chi connectivity index (χ1n) is 9.95. The van der Waals surface area contributed by atoms with E-state index in [-0.39, 0.29) is 12.5 Å². The van der Waals surface area contributed by atoms with Crippen molar-refractivity contribution in [2.45, 2.75) is 32.2 Å². The van der Waals surface area contributed by atoms with Gasteiger partial charge in [0.05, 0.1) is 0 Å². The average molecular weight is 410 g/mol. The highest BCUT2D eigenvalue weighted by atomic mass is 35.5. The topological polar surface area (TPSA) is 54.5 Å². The van der Waals surface area contributed by atoms with E-state index in [0.717, 1.165) is 23.3 Å². The zero-order chi connectivity index (χ0) is 20.2. The van der Waals surface area contributed by atoms with E-state index in [2.05, 4.69) is 29.3 Å². The number of nitrogens with one attached hydrogen (secondary N) is 1. The number of aromatic nitrogens is 1. The highest BCUT2D eigenvalue weighted by molar-refractivity contribution is 6.30. The molecule has 2 heterocycles. The minimum absolute atomic E-state index is 0.0996. The van der Waals surface area contributed by atoms with Gasteiger partial charge in [-0.1, -0.05) is 29.8 Å². The Morgan fingerprint density at radius 3 is 2.90 bits per heavy atom. The molecule has 1 aliphatic heterocycles. The number of para-hydroxylation sites is 1. The van der Waals surface area contributed by atoms with Crippen molar-refractivity contribution in [3.05, 3.63) is 59.6 Å². The second-order valence-electron chi connectivity index (χ2n) is 7.38. The molecule has 150 valence electrons. The minimum atomic E-state index is -0.245. The quantitative estimate of drug-likeness (QED) is 0.622. The maximum Gasteiger partial charge on any atom is 0.262 e. The number of hydrogen-bond donors (Lipinski definition) is 1. The van der Waals surface area contributed by atoms with Crippen LogP contribution in [0.15, 0.2) is 54.6 Å². The molecule has 1 aromatic heterocycles. The second-order valence-corrected chi connectivity index (χ2v) is 7.82. The lowest BCUT2D eigenvalue weighted by molar-refractivity contribution is -0.118. The van der Waals surface area contributed by atoms with Gasteiger partial charge in [0.1, 0.15) is 17.1 Å². The number of halogens is 1. The summed E-state index contributed by atoms with van der Waals surface area (Å²) >= 11 is 5.96. The van der Waals surface area contributed by atoms with Crippen LogP contribution in [0.1, 0.15) is 26.2 Å². The van der Waals surface area contributed by atoms with Crippen LogP contribution in [0.4, 0.5) is 11.5 Å². The number of anilines is 2. The molecule has 1 unspecified atom stereocenters. The van der Waals surface area contributed by atoms with Crippen LogP contribution in [0.3, 0.4) is 0 Å². The molecule has 0 bridgehead atoms. The number of hydrogen-bond acceptors (Lipinski definition) is 4. The Bertz CT molecular complexity index is 1020. The van der Waals surface area contributed by atoms with Crippen LogP contribution in [0, 0.1) is 0 Å². The number of amides is 1. The predicted molar refractivity (Wildman–Crippen MR) is 118 cm³/mol. The fraction of sp³-hybridized carbons (Fsp3) is 0.304. The van der Waals surface area contributed by atoms with E-state index in [9.17, 15) is 4.79 Å². The van der Waals surface area contributed by atoms with Gasteiger partial charge in [-0.3, -0.25) is 4.79 Å². The first kappa shape index (κ1) is 19.5. The van der Waals surface area contributed by atoms with Gasteiger partial charge in [-0.05, 0) is 62.6 Å². The summed E-state index contributed by atoms with van der Waals surface area (Å²) in [5.41, 5.74) is 1.42. The van der Waals surface area contributed by atoms with Gasteiger partial charge in [0.25, 0.3) is 5.91 Å². The monoisotopic (exact) mass is 409 g/mol. The van der Waals surface area contributed by atoms with Crippen molar-refractivity contribution in [1.82, 2.24) is 4.98 Å². The Morgan fingerprint density at radius 1 is 1.21 bits per heavy atom. The van der Waals surface area contributed by atoms with Crippen LogP contribution in [-0.4, -0.2) is 30.1 Å². The van der Waals surface area contributed by atoms with E-state index in [1.165, 1.54) is 19.3 Å². The summed E-state index contributed by atoms with van der Waals surface area (Å²) in [4.78, 5) is 19.5. The van der Waals surface area contributed by atoms with Crippen molar-refractivity contribution in [2.75, 3.05) is 23.4 Å². The van der Waals surface area contributed by atoms with E-state index in [0.29, 0.717) is 22.5 Å². The van der Waals surface area contributed by atoms with Crippen LogP contribution in [0.5, 0.6) is 5.75 Å². The molecule has 4 rings (SSSR count). The van der Waals surface area contributed by atoms with Gasteiger partial charge in [0.2, 0.25) is 0 Å². The summed E-state index contributed by atoms with van der Waals surface area (Å²) in [5, 5.41) is 4.36. The van der Waals surface area contributed by atoms with Crippen LogP contribution in [0.2, 0.25) is 5.02 Å². The highest BCUT2D eigenvalue weighted by Crippen LogP contribution is 2.29. The molecule has 0 radical (unpaired) electrons. The maximum atomic E-state index is 12.3. The van der Waals surface area contributed by atoms with Crippen molar-refractivity contribution < 1.29 is 9.53 Å². The van der Waals surface area contributed by atoms with E-state index < -0.39 is 0 Å². The Morgan fingerprint density at radius 2 is 2.07 bits per heavy atom. The molecule has 1 atom stereocenters. The first-order valence-corrected chi connectivity index (χ1v) is 10.3. The van der Waals surface area contributed by atoms with Crippen LogP contribution in [0.25, 0.3) is 10.9 Å². The van der Waals surface area contributed by atoms with Gasteiger partial charge < -0.3 is 15.0 Å². The average Bonchev–Trinajstić information content (AvgIpc) is 2.72. The van der Waals surface area contributed by atoms with Gasteiger partial charge in [0, 0.05) is 28.7 Å². The molecule has 1 fully saturated rings. The molecule has 5 nitrogen and oxygen atoms in total. The number of ether oxygens (including phenoxy) is 1. The number of carbonyl (C=O) groups is 1. The normalized spacial score (nSPS) is 16.6. The lowest BCUT2D eigenvalue weighted by Gasteiger charge is -2.34. The van der Waals surface area contributed by atoms with Crippen molar-refractivity contribution in [3.8, 4) is 5.75 Å². The van der Waals surface area contributed by atoms with Crippen molar-refractivity contribution >= 4 is 39.9 Å². The summed E-state index contributed by atoms with van der Waals surface area (Å²) in [6, 6.07) is 17.4. The third kappa shape index (κ3) is 4.62. The van der Waals surface area contributed by atoms with E-state index in [1.54, 1.807) is 24.3 Å². The summed E-state index contributed by atoms with van der Waals surface area (Å²) in [7, 11) is 0. The Kier molecular flexibility index (Phi) is 5.86. The van der Waals surface area contributed by atoms with Crippen LogP contribution >= 0.6 is 11.6 Å². The van der Waals surface area contributed by atoms with Gasteiger partial charge in [-0.2, -0.15) is 0 Å². The predicted octanol–water partition coefficient (Wildman–Crippen LogP) is 5.28. The number of pyridine rings is 1. The van der Waals surface area contributed by atoms with E-state index in [1.807, 2.05) is 18.2 Å². The number of fused-ring (bicyclic) bond motifs is 1. The highest BCUT2D eigenvalue weighted by Gasteiger charge is 2.20. The van der Waals surface area contributed by atoms with Crippen molar-refractivity contribution in [2.24, 2.45) is 0 Å². The Hall–Kier alpha value is -2.79. The molecule has 0 spiro atoms. The summed E-state index contributed by atoms with van der Waals surface area (Å²) in [6.07, 6.45) is 3.63. The molecule has 1 N–H and O–H groups in total. The van der Waals surface area contributed by atoms with Gasteiger partial charge in [-0.15, -0.1) is 0 Å². The first-order chi connectivity index (χ1) is 14.1. The lowest BCUT2D eigenvalue weighted by Crippen LogP contribution is -2.37. The van der Waals surface area contributed by atoms with Crippen molar-refractivity contribution in [3.63, 3.8) is 0 Å². The Balaban J connectivity index is 1.50. The molecule has 0 saturated carbocycles. The molecule has 29 heavy (non-hydrogen) atoms. The SMILES string of the molecule is CC1CCCCN1c1ccc2cccc(OCC(=O)Nc3cccc(Cl)c3)c2n1. The molecule has 6 heteroatoms. The molecule has 1 amide bonds. The van der Waals surface area contributed by atoms with Crippen molar-refractivity contribution in [1.29, 1.82) is 0 Å². The fourth-order valence-electron chi connectivity index (χ4n) is 3.73. The molecule has 3 aromatic rings. The molecule has 1 aliphatic rings. The third-order valence-corrected chi connectivity index (χ3v) is 5.47. The maximum absolute atomic E-state index is 12.3. The second kappa shape index (κ2) is 8.70. The standard InChI is InChI=1S/C23H24ClN3O2/c1-16-6-2-3-13-27(16)21-12-11-17-7-4-10-20(23(17)26-21)29-15-22(28)25-19-9-5-8-18(24)14-19/h4-5,7-12,14,16H,2-3,6,13,15H2,1H3,(H,25,28). The van der Waals surface area contributed by atoms with E-state index in [4.69, 9.17) is 21.3 Å². The molecular formula is C23H24ClN3O2.